The third-order valence-electron chi connectivity index (χ3n) is 3.31. The van der Waals surface area contributed by atoms with Crippen LogP contribution in [0.25, 0.3) is 0 Å². The number of esters is 1. The molecule has 1 rings (SSSR count). The molecular formula is C18H28N2O4. The van der Waals surface area contributed by atoms with Gasteiger partial charge in [-0.15, -0.1) is 0 Å². The van der Waals surface area contributed by atoms with Gasteiger partial charge in [0.2, 0.25) is 0 Å². The molecule has 0 fully saturated rings. The van der Waals surface area contributed by atoms with E-state index in [4.69, 9.17) is 9.47 Å². The van der Waals surface area contributed by atoms with Gasteiger partial charge in [-0.25, -0.2) is 9.59 Å². The maximum Gasteiger partial charge on any atom is 0.330 e. The topological polar surface area (TPSA) is 76.7 Å². The van der Waals surface area contributed by atoms with Gasteiger partial charge in [0.25, 0.3) is 0 Å². The predicted molar refractivity (Wildman–Crippen MR) is 94.2 cm³/mol. The number of ether oxygens (including phenoxy) is 2. The Morgan fingerprint density at radius 3 is 2.17 bits per heavy atom. The molecule has 0 bridgehead atoms. The summed E-state index contributed by atoms with van der Waals surface area (Å²) in [5.74, 6) is -0.129. The molecule has 0 aliphatic heterocycles. The van der Waals surface area contributed by atoms with Crippen molar-refractivity contribution in [1.29, 1.82) is 0 Å². The molecule has 1 aromatic rings. The molecule has 6 nitrogen and oxygen atoms in total. The number of benzene rings is 1. The summed E-state index contributed by atoms with van der Waals surface area (Å²) in [4.78, 5) is 23.9. The van der Waals surface area contributed by atoms with E-state index in [2.05, 4.69) is 24.5 Å². The maximum absolute atomic E-state index is 12.1. The fourth-order valence-electron chi connectivity index (χ4n) is 1.92. The van der Waals surface area contributed by atoms with Crippen molar-refractivity contribution in [3.05, 3.63) is 29.8 Å². The van der Waals surface area contributed by atoms with Gasteiger partial charge in [-0.2, -0.15) is 0 Å². The van der Waals surface area contributed by atoms with Crippen LogP contribution in [0.2, 0.25) is 0 Å². The molecular weight excluding hydrogens is 308 g/mol. The van der Waals surface area contributed by atoms with Crippen molar-refractivity contribution in [1.82, 2.24) is 5.32 Å². The molecule has 24 heavy (non-hydrogen) atoms. The van der Waals surface area contributed by atoms with Crippen LogP contribution in [0.4, 0.5) is 10.5 Å². The molecule has 1 unspecified atom stereocenters. The molecule has 2 N–H and O–H groups in total. The van der Waals surface area contributed by atoms with E-state index in [-0.39, 0.29) is 6.61 Å². The van der Waals surface area contributed by atoms with E-state index in [0.717, 1.165) is 0 Å². The average molecular weight is 336 g/mol. The lowest BCUT2D eigenvalue weighted by Crippen LogP contribution is -2.47. The largest absolute Gasteiger partial charge is 0.467 e. The average Bonchev–Trinajstić information content (AvgIpc) is 2.50. The highest BCUT2D eigenvalue weighted by Crippen LogP contribution is 2.17. The van der Waals surface area contributed by atoms with Gasteiger partial charge in [0.05, 0.1) is 19.3 Å². The number of carbonyl (C=O) groups is 2. The molecule has 0 aromatic heterocycles. The summed E-state index contributed by atoms with van der Waals surface area (Å²) < 4.78 is 10.3. The number of anilines is 1. The highest BCUT2D eigenvalue weighted by molar-refractivity contribution is 5.92. The first-order valence-corrected chi connectivity index (χ1v) is 8.01. The first-order valence-electron chi connectivity index (χ1n) is 8.01. The van der Waals surface area contributed by atoms with Gasteiger partial charge in [0.15, 0.2) is 6.04 Å². The van der Waals surface area contributed by atoms with E-state index in [9.17, 15) is 9.59 Å². The van der Waals surface area contributed by atoms with Crippen molar-refractivity contribution >= 4 is 17.7 Å². The SMILES string of the molecule is COC(=O)C(COC(C)(C)C)NC(=O)Nc1ccc(C(C)C)cc1. The monoisotopic (exact) mass is 336 g/mol. The van der Waals surface area contributed by atoms with E-state index in [1.54, 1.807) is 0 Å². The van der Waals surface area contributed by atoms with Gasteiger partial charge < -0.3 is 20.1 Å². The molecule has 0 aliphatic carbocycles. The zero-order valence-electron chi connectivity index (χ0n) is 15.3. The minimum Gasteiger partial charge on any atom is -0.467 e. The first-order chi connectivity index (χ1) is 11.1. The second-order valence-electron chi connectivity index (χ2n) is 6.87. The quantitative estimate of drug-likeness (QED) is 0.782. The number of nitrogens with one attached hydrogen (secondary N) is 2. The van der Waals surface area contributed by atoms with E-state index in [1.807, 2.05) is 45.0 Å². The van der Waals surface area contributed by atoms with Gasteiger partial charge in [-0.1, -0.05) is 26.0 Å². The lowest BCUT2D eigenvalue weighted by molar-refractivity contribution is -0.145. The van der Waals surface area contributed by atoms with E-state index in [1.165, 1.54) is 12.7 Å². The van der Waals surface area contributed by atoms with Gasteiger partial charge in [-0.3, -0.25) is 0 Å². The molecule has 0 radical (unpaired) electrons. The Balaban J connectivity index is 2.65. The van der Waals surface area contributed by atoms with Crippen LogP contribution < -0.4 is 10.6 Å². The number of methoxy groups -OCH3 is 1. The summed E-state index contributed by atoms with van der Waals surface area (Å²) in [6.45, 7) is 9.86. The number of carbonyl (C=O) groups excluding carboxylic acids is 2. The fraction of sp³-hybridized carbons (Fsp3) is 0.556. The van der Waals surface area contributed by atoms with Crippen LogP contribution in [0.5, 0.6) is 0 Å². The van der Waals surface area contributed by atoms with Crippen molar-refractivity contribution in [2.75, 3.05) is 19.0 Å². The van der Waals surface area contributed by atoms with Crippen LogP contribution in [0, 0.1) is 0 Å². The van der Waals surface area contributed by atoms with Gasteiger partial charge >= 0.3 is 12.0 Å². The molecule has 6 heteroatoms. The van der Waals surface area contributed by atoms with Crippen molar-refractivity contribution in [2.45, 2.75) is 52.2 Å². The van der Waals surface area contributed by atoms with Gasteiger partial charge in [0, 0.05) is 5.69 Å². The molecule has 2 amide bonds. The number of urea groups is 1. The second-order valence-corrected chi connectivity index (χ2v) is 6.87. The zero-order valence-corrected chi connectivity index (χ0v) is 15.3. The summed E-state index contributed by atoms with van der Waals surface area (Å²) in [7, 11) is 1.27. The standard InChI is InChI=1S/C18H28N2O4/c1-12(2)13-7-9-14(10-8-13)19-17(22)20-15(16(21)23-6)11-24-18(3,4)5/h7-10,12,15H,11H2,1-6H3,(H2,19,20,22). The van der Waals surface area contributed by atoms with Gasteiger partial charge in [-0.05, 0) is 44.4 Å². The lowest BCUT2D eigenvalue weighted by Gasteiger charge is -2.24. The summed E-state index contributed by atoms with van der Waals surface area (Å²) in [6.07, 6.45) is 0. The van der Waals surface area contributed by atoms with E-state index < -0.39 is 23.6 Å². The number of hydrogen-bond acceptors (Lipinski definition) is 4. The number of hydrogen-bond donors (Lipinski definition) is 2. The van der Waals surface area contributed by atoms with Crippen LogP contribution >= 0.6 is 0 Å². The minimum atomic E-state index is -0.871. The molecule has 0 saturated heterocycles. The number of amides is 2. The Morgan fingerprint density at radius 1 is 1.12 bits per heavy atom. The Morgan fingerprint density at radius 2 is 1.71 bits per heavy atom. The second kappa shape index (κ2) is 8.68. The summed E-state index contributed by atoms with van der Waals surface area (Å²) in [5.41, 5.74) is 1.42. The van der Waals surface area contributed by atoms with Gasteiger partial charge in [0.1, 0.15) is 0 Å². The molecule has 134 valence electrons. The third kappa shape index (κ3) is 7.00. The minimum absolute atomic E-state index is 0.0376. The molecule has 0 saturated carbocycles. The Kier molecular flexibility index (Phi) is 7.22. The van der Waals surface area contributed by atoms with Crippen molar-refractivity contribution in [3.63, 3.8) is 0 Å². The predicted octanol–water partition coefficient (Wildman–Crippen LogP) is 3.29. The van der Waals surface area contributed by atoms with E-state index in [0.29, 0.717) is 11.6 Å². The fourth-order valence-corrected chi connectivity index (χ4v) is 1.92. The smallest absolute Gasteiger partial charge is 0.330 e. The van der Waals surface area contributed by atoms with Crippen LogP contribution in [0.15, 0.2) is 24.3 Å². The van der Waals surface area contributed by atoms with Crippen molar-refractivity contribution < 1.29 is 19.1 Å². The third-order valence-corrected chi connectivity index (χ3v) is 3.31. The van der Waals surface area contributed by atoms with Crippen LogP contribution in [0.1, 0.15) is 46.1 Å². The molecule has 1 atom stereocenters. The molecule has 0 aliphatic rings. The van der Waals surface area contributed by atoms with Crippen molar-refractivity contribution in [3.8, 4) is 0 Å². The van der Waals surface area contributed by atoms with Crippen LogP contribution in [0.3, 0.4) is 0 Å². The molecule has 1 aromatic carbocycles. The highest BCUT2D eigenvalue weighted by atomic mass is 16.5. The molecule has 0 spiro atoms. The summed E-state index contributed by atoms with van der Waals surface area (Å²) in [5, 5.41) is 5.28. The Labute approximate surface area is 143 Å². The lowest BCUT2D eigenvalue weighted by atomic mass is 10.0. The molecule has 0 heterocycles. The van der Waals surface area contributed by atoms with Crippen LogP contribution in [-0.2, 0) is 14.3 Å². The summed E-state index contributed by atoms with van der Waals surface area (Å²) >= 11 is 0. The van der Waals surface area contributed by atoms with E-state index >= 15 is 0 Å². The summed E-state index contributed by atoms with van der Waals surface area (Å²) in [6, 6.07) is 6.22. The zero-order chi connectivity index (χ0) is 18.3. The van der Waals surface area contributed by atoms with Crippen molar-refractivity contribution in [2.24, 2.45) is 0 Å². The normalized spacial score (nSPS) is 12.6. The Bertz CT molecular complexity index is 547. The maximum atomic E-state index is 12.1. The first kappa shape index (κ1) is 20.0. The highest BCUT2D eigenvalue weighted by Gasteiger charge is 2.24. The van der Waals surface area contributed by atoms with Crippen LogP contribution in [-0.4, -0.2) is 37.4 Å². The Hall–Kier alpha value is -2.08. The number of rotatable bonds is 6.